The van der Waals surface area contributed by atoms with E-state index in [0.29, 0.717) is 13.0 Å². The van der Waals surface area contributed by atoms with Crippen molar-refractivity contribution in [3.05, 3.63) is 84.9 Å². The molecule has 6 nitrogen and oxygen atoms in total. The van der Waals surface area contributed by atoms with Gasteiger partial charge in [0.15, 0.2) is 0 Å². The van der Waals surface area contributed by atoms with Crippen LogP contribution in [0.1, 0.15) is 25.7 Å². The first-order valence-corrected chi connectivity index (χ1v) is 12.2. The van der Waals surface area contributed by atoms with Crippen molar-refractivity contribution in [3.63, 3.8) is 0 Å². The number of hydrogen-bond acceptors (Lipinski definition) is 3. The molecule has 0 bridgehead atoms. The van der Waals surface area contributed by atoms with Crippen molar-refractivity contribution in [3.8, 4) is 0 Å². The first kappa shape index (κ1) is 22.7. The van der Waals surface area contributed by atoms with Gasteiger partial charge in [0, 0.05) is 29.8 Å². The normalized spacial score (nSPS) is 15.7. The number of amides is 3. The van der Waals surface area contributed by atoms with Crippen LogP contribution >= 0.6 is 0 Å². The summed E-state index contributed by atoms with van der Waals surface area (Å²) in [7, 11) is 0. The van der Waals surface area contributed by atoms with Crippen LogP contribution in [0.2, 0.25) is 0 Å². The number of likely N-dealkylation sites (tertiary alicyclic amines) is 1. The number of carbonyl (C=O) groups excluding carboxylic acids is 2. The number of nitrogens with one attached hydrogen (secondary N) is 2. The molecule has 0 unspecified atom stereocenters. The zero-order valence-electron chi connectivity index (χ0n) is 19.6. The Morgan fingerprint density at radius 3 is 2.06 bits per heavy atom. The maximum absolute atomic E-state index is 13.2. The van der Waals surface area contributed by atoms with Gasteiger partial charge in [0.1, 0.15) is 0 Å². The smallest absolute Gasteiger partial charge is 0.411 e. The van der Waals surface area contributed by atoms with Crippen LogP contribution in [0, 0.1) is 0 Å². The molecule has 4 aromatic carbocycles. The van der Waals surface area contributed by atoms with Crippen LogP contribution in [0.3, 0.4) is 0 Å². The highest BCUT2D eigenvalue weighted by Gasteiger charge is 2.27. The monoisotopic (exact) mass is 467 g/mol. The SMILES string of the molecule is O=C(Nc1cccc2ccccc12)OCC[C@H]1CCCCN1C(=O)Nc1cccc2ccccc12. The first-order valence-electron chi connectivity index (χ1n) is 12.2. The summed E-state index contributed by atoms with van der Waals surface area (Å²) in [6.07, 6.45) is 3.06. The zero-order chi connectivity index (χ0) is 24.0. The lowest BCUT2D eigenvalue weighted by molar-refractivity contribution is 0.123. The molecule has 5 rings (SSSR count). The fraction of sp³-hybridized carbons (Fsp3) is 0.241. The van der Waals surface area contributed by atoms with E-state index in [1.807, 2.05) is 89.8 Å². The highest BCUT2D eigenvalue weighted by Crippen LogP contribution is 2.26. The largest absolute Gasteiger partial charge is 0.449 e. The van der Waals surface area contributed by atoms with E-state index in [-0.39, 0.29) is 18.7 Å². The fourth-order valence-electron chi connectivity index (χ4n) is 4.86. The second kappa shape index (κ2) is 10.5. The minimum Gasteiger partial charge on any atom is -0.449 e. The predicted molar refractivity (Wildman–Crippen MR) is 141 cm³/mol. The third-order valence-electron chi connectivity index (χ3n) is 6.63. The molecule has 0 aromatic heterocycles. The summed E-state index contributed by atoms with van der Waals surface area (Å²) in [5, 5.41) is 10.1. The van der Waals surface area contributed by atoms with Crippen molar-refractivity contribution in [1.29, 1.82) is 0 Å². The minimum atomic E-state index is -0.482. The van der Waals surface area contributed by atoms with Gasteiger partial charge in [0.2, 0.25) is 0 Å². The van der Waals surface area contributed by atoms with Gasteiger partial charge >= 0.3 is 12.1 Å². The van der Waals surface area contributed by atoms with E-state index < -0.39 is 6.09 Å². The summed E-state index contributed by atoms with van der Waals surface area (Å²) in [4.78, 5) is 27.5. The minimum absolute atomic E-state index is 0.0316. The van der Waals surface area contributed by atoms with Crippen LogP contribution in [0.5, 0.6) is 0 Å². The molecule has 0 aliphatic carbocycles. The van der Waals surface area contributed by atoms with Gasteiger partial charge in [0.25, 0.3) is 0 Å². The number of piperidine rings is 1. The number of fused-ring (bicyclic) bond motifs is 2. The summed E-state index contributed by atoms with van der Waals surface area (Å²) < 4.78 is 5.49. The summed E-state index contributed by atoms with van der Waals surface area (Å²) in [5.41, 5.74) is 1.53. The van der Waals surface area contributed by atoms with Crippen molar-refractivity contribution >= 4 is 45.0 Å². The number of rotatable bonds is 5. The van der Waals surface area contributed by atoms with Crippen molar-refractivity contribution in [2.75, 3.05) is 23.8 Å². The summed E-state index contributed by atoms with van der Waals surface area (Å²) in [5.74, 6) is 0. The van der Waals surface area contributed by atoms with Gasteiger partial charge in [-0.2, -0.15) is 0 Å². The number of carbonyl (C=O) groups is 2. The highest BCUT2D eigenvalue weighted by atomic mass is 16.5. The number of nitrogens with zero attached hydrogens (tertiary/aromatic N) is 1. The van der Waals surface area contributed by atoms with Crippen LogP contribution in [0.15, 0.2) is 84.9 Å². The lowest BCUT2D eigenvalue weighted by Gasteiger charge is -2.35. The van der Waals surface area contributed by atoms with Crippen LogP contribution in [-0.2, 0) is 4.74 Å². The molecule has 178 valence electrons. The first-order chi connectivity index (χ1) is 17.2. The summed E-state index contributed by atoms with van der Waals surface area (Å²) >= 11 is 0. The Labute approximate surface area is 204 Å². The van der Waals surface area contributed by atoms with E-state index in [1.165, 1.54) is 0 Å². The van der Waals surface area contributed by atoms with Gasteiger partial charge in [-0.25, -0.2) is 9.59 Å². The second-order valence-electron chi connectivity index (χ2n) is 8.88. The van der Waals surface area contributed by atoms with Crippen LogP contribution in [0.25, 0.3) is 21.5 Å². The van der Waals surface area contributed by atoms with Crippen molar-refractivity contribution in [2.45, 2.75) is 31.7 Å². The Morgan fingerprint density at radius 1 is 0.771 bits per heavy atom. The molecule has 0 spiro atoms. The van der Waals surface area contributed by atoms with Crippen LogP contribution in [0.4, 0.5) is 21.0 Å². The van der Waals surface area contributed by atoms with Gasteiger partial charge in [-0.1, -0.05) is 72.8 Å². The third-order valence-corrected chi connectivity index (χ3v) is 6.63. The van der Waals surface area contributed by atoms with E-state index in [2.05, 4.69) is 10.6 Å². The Kier molecular flexibility index (Phi) is 6.80. The average Bonchev–Trinajstić information content (AvgIpc) is 2.89. The molecule has 1 saturated heterocycles. The van der Waals surface area contributed by atoms with Gasteiger partial charge < -0.3 is 15.0 Å². The van der Waals surface area contributed by atoms with E-state index in [0.717, 1.165) is 52.2 Å². The molecule has 6 heteroatoms. The molecule has 4 aromatic rings. The third kappa shape index (κ3) is 5.22. The molecular weight excluding hydrogens is 438 g/mol. The van der Waals surface area contributed by atoms with Gasteiger partial charge in [0.05, 0.1) is 18.0 Å². The van der Waals surface area contributed by atoms with E-state index in [1.54, 1.807) is 0 Å². The topological polar surface area (TPSA) is 70.7 Å². The Hall–Kier alpha value is -4.06. The number of anilines is 2. The second-order valence-corrected chi connectivity index (χ2v) is 8.88. The molecular formula is C29H29N3O3. The van der Waals surface area contributed by atoms with Gasteiger partial charge in [-0.05, 0) is 42.2 Å². The summed E-state index contributed by atoms with van der Waals surface area (Å²) in [6.45, 7) is 0.947. The molecule has 1 heterocycles. The van der Waals surface area contributed by atoms with Crippen LogP contribution in [-0.4, -0.2) is 36.2 Å². The van der Waals surface area contributed by atoms with Gasteiger partial charge in [-0.15, -0.1) is 0 Å². The number of urea groups is 1. The molecule has 1 aliphatic rings. The maximum Gasteiger partial charge on any atom is 0.411 e. The maximum atomic E-state index is 13.2. The average molecular weight is 468 g/mol. The highest BCUT2D eigenvalue weighted by molar-refractivity contribution is 6.02. The van der Waals surface area contributed by atoms with Crippen molar-refractivity contribution in [1.82, 2.24) is 4.90 Å². The number of benzene rings is 4. The molecule has 1 atom stereocenters. The van der Waals surface area contributed by atoms with Crippen molar-refractivity contribution < 1.29 is 14.3 Å². The molecule has 3 amide bonds. The lowest BCUT2D eigenvalue weighted by Crippen LogP contribution is -2.46. The number of ether oxygens (including phenoxy) is 1. The Morgan fingerprint density at radius 2 is 1.37 bits per heavy atom. The Balaban J connectivity index is 1.18. The van der Waals surface area contributed by atoms with Crippen LogP contribution < -0.4 is 10.6 Å². The van der Waals surface area contributed by atoms with E-state index in [4.69, 9.17) is 4.74 Å². The quantitative estimate of drug-likeness (QED) is 0.331. The van der Waals surface area contributed by atoms with Crippen molar-refractivity contribution in [2.24, 2.45) is 0 Å². The zero-order valence-corrected chi connectivity index (χ0v) is 19.6. The molecule has 1 fully saturated rings. The standard InChI is InChI=1S/C29H29N3O3/c33-28(30-26-16-7-11-21-9-1-3-14-24(21)26)32-19-6-5-13-23(32)18-20-35-29(34)31-27-17-8-12-22-10-2-4-15-25(22)27/h1-4,7-12,14-17,23H,5-6,13,18-20H2,(H,30,33)(H,31,34)/t23-/m1/s1. The lowest BCUT2D eigenvalue weighted by atomic mass is 10.00. The Bertz CT molecular complexity index is 1340. The predicted octanol–water partition coefficient (Wildman–Crippen LogP) is 7.02. The molecule has 0 saturated carbocycles. The molecule has 35 heavy (non-hydrogen) atoms. The number of hydrogen-bond donors (Lipinski definition) is 2. The fourth-order valence-corrected chi connectivity index (χ4v) is 4.86. The molecule has 0 radical (unpaired) electrons. The molecule has 2 N–H and O–H groups in total. The van der Waals surface area contributed by atoms with E-state index >= 15 is 0 Å². The molecule has 1 aliphatic heterocycles. The van der Waals surface area contributed by atoms with E-state index in [9.17, 15) is 9.59 Å². The van der Waals surface area contributed by atoms with Gasteiger partial charge in [-0.3, -0.25) is 5.32 Å². The summed E-state index contributed by atoms with van der Waals surface area (Å²) in [6, 6.07) is 27.5.